The molecule has 1 atom stereocenters. The van der Waals surface area contributed by atoms with Crippen LogP contribution in [0.1, 0.15) is 35.5 Å². The summed E-state index contributed by atoms with van der Waals surface area (Å²) in [6, 6.07) is 2.22. The number of aryl methyl sites for hydroxylation is 2. The van der Waals surface area contributed by atoms with E-state index >= 15 is 0 Å². The van der Waals surface area contributed by atoms with Gasteiger partial charge in [0, 0.05) is 23.7 Å². The van der Waals surface area contributed by atoms with Crippen molar-refractivity contribution in [2.24, 2.45) is 0 Å². The van der Waals surface area contributed by atoms with Crippen LogP contribution in [0, 0.1) is 13.8 Å². The molecule has 0 aliphatic carbocycles. The highest BCUT2D eigenvalue weighted by atomic mass is 16.5. The molecule has 0 saturated heterocycles. The number of aromatic nitrogens is 1. The van der Waals surface area contributed by atoms with Gasteiger partial charge in [-0.25, -0.2) is 0 Å². The lowest BCUT2D eigenvalue weighted by molar-refractivity contribution is 0.391. The zero-order valence-corrected chi connectivity index (χ0v) is 9.78. The zero-order valence-electron chi connectivity index (χ0n) is 9.78. The normalized spacial score (nSPS) is 12.9. The van der Waals surface area contributed by atoms with Crippen molar-refractivity contribution >= 4 is 0 Å². The van der Waals surface area contributed by atoms with Crippen LogP contribution in [-0.2, 0) is 6.54 Å². The Kier molecular flexibility index (Phi) is 3.10. The van der Waals surface area contributed by atoms with Gasteiger partial charge in [0.15, 0.2) is 0 Å². The second-order valence-electron chi connectivity index (χ2n) is 3.96. The van der Waals surface area contributed by atoms with E-state index in [-0.39, 0.29) is 6.04 Å². The van der Waals surface area contributed by atoms with E-state index in [1.54, 1.807) is 12.5 Å². The average Bonchev–Trinajstić information content (AvgIpc) is 2.87. The molecule has 1 unspecified atom stereocenters. The van der Waals surface area contributed by atoms with Crippen molar-refractivity contribution in [1.29, 1.82) is 0 Å². The van der Waals surface area contributed by atoms with Crippen LogP contribution in [0.5, 0.6) is 0 Å². The van der Waals surface area contributed by atoms with E-state index in [1.165, 1.54) is 0 Å². The van der Waals surface area contributed by atoms with Crippen molar-refractivity contribution < 1.29 is 8.94 Å². The van der Waals surface area contributed by atoms with E-state index in [9.17, 15) is 0 Å². The van der Waals surface area contributed by atoms with Gasteiger partial charge in [-0.1, -0.05) is 5.16 Å². The van der Waals surface area contributed by atoms with Crippen molar-refractivity contribution in [2.75, 3.05) is 0 Å². The first-order valence-corrected chi connectivity index (χ1v) is 5.35. The van der Waals surface area contributed by atoms with E-state index in [0.29, 0.717) is 0 Å². The molecule has 4 heteroatoms. The number of furan rings is 1. The number of hydrogen-bond acceptors (Lipinski definition) is 4. The molecular weight excluding hydrogens is 204 g/mol. The van der Waals surface area contributed by atoms with Crippen LogP contribution >= 0.6 is 0 Å². The maximum absolute atomic E-state index is 5.11. The molecule has 2 aromatic heterocycles. The van der Waals surface area contributed by atoms with Crippen molar-refractivity contribution in [1.82, 2.24) is 10.5 Å². The summed E-state index contributed by atoms with van der Waals surface area (Å²) in [5, 5.41) is 7.33. The van der Waals surface area contributed by atoms with E-state index < -0.39 is 0 Å². The molecule has 0 fully saturated rings. The minimum atomic E-state index is 0.257. The number of rotatable bonds is 4. The van der Waals surface area contributed by atoms with Gasteiger partial charge in [-0.15, -0.1) is 0 Å². The summed E-state index contributed by atoms with van der Waals surface area (Å²) in [7, 11) is 0. The molecule has 86 valence electrons. The molecule has 16 heavy (non-hydrogen) atoms. The molecule has 0 bridgehead atoms. The summed E-state index contributed by atoms with van der Waals surface area (Å²) < 4.78 is 10.2. The molecule has 2 rings (SSSR count). The minimum absolute atomic E-state index is 0.257. The highest BCUT2D eigenvalue weighted by Gasteiger charge is 2.11. The average molecular weight is 220 g/mol. The fourth-order valence-electron chi connectivity index (χ4n) is 1.65. The molecule has 0 saturated carbocycles. The van der Waals surface area contributed by atoms with E-state index in [0.717, 1.165) is 29.1 Å². The zero-order chi connectivity index (χ0) is 11.5. The summed E-state index contributed by atoms with van der Waals surface area (Å²) >= 11 is 0. The minimum Gasteiger partial charge on any atom is -0.472 e. The molecule has 2 aromatic rings. The predicted molar refractivity (Wildman–Crippen MR) is 59.9 cm³/mol. The molecule has 4 nitrogen and oxygen atoms in total. The third-order valence-electron chi connectivity index (χ3n) is 2.81. The van der Waals surface area contributed by atoms with E-state index in [4.69, 9.17) is 8.94 Å². The lowest BCUT2D eigenvalue weighted by atomic mass is 10.1. The maximum Gasteiger partial charge on any atom is 0.138 e. The summed E-state index contributed by atoms with van der Waals surface area (Å²) in [5.41, 5.74) is 3.23. The van der Waals surface area contributed by atoms with Crippen LogP contribution in [0.2, 0.25) is 0 Å². The quantitative estimate of drug-likeness (QED) is 0.860. The van der Waals surface area contributed by atoms with E-state index in [2.05, 4.69) is 17.4 Å². The first kappa shape index (κ1) is 11.0. The summed E-state index contributed by atoms with van der Waals surface area (Å²) in [4.78, 5) is 0. The third-order valence-corrected chi connectivity index (χ3v) is 2.81. The fraction of sp³-hybridized carbons (Fsp3) is 0.417. The van der Waals surface area contributed by atoms with Gasteiger partial charge in [-0.05, 0) is 26.8 Å². The Morgan fingerprint density at radius 2 is 2.25 bits per heavy atom. The van der Waals surface area contributed by atoms with Crippen molar-refractivity contribution in [3.05, 3.63) is 41.2 Å². The number of nitrogens with zero attached hydrogens (tertiary/aromatic N) is 1. The molecule has 1 N–H and O–H groups in total. The summed E-state index contributed by atoms with van der Waals surface area (Å²) in [5.74, 6) is 0.879. The van der Waals surface area contributed by atoms with Crippen LogP contribution in [0.25, 0.3) is 0 Å². The van der Waals surface area contributed by atoms with Crippen LogP contribution < -0.4 is 5.32 Å². The van der Waals surface area contributed by atoms with Gasteiger partial charge < -0.3 is 14.3 Å². The molecule has 0 aliphatic heterocycles. The van der Waals surface area contributed by atoms with Crippen LogP contribution in [0.15, 0.2) is 27.5 Å². The van der Waals surface area contributed by atoms with E-state index in [1.807, 2.05) is 19.9 Å². The topological polar surface area (TPSA) is 51.2 Å². The monoisotopic (exact) mass is 220 g/mol. The first-order chi connectivity index (χ1) is 7.68. The molecule has 0 aromatic carbocycles. The van der Waals surface area contributed by atoms with Crippen LogP contribution in [-0.4, -0.2) is 5.16 Å². The molecular formula is C12H16N2O2. The fourth-order valence-corrected chi connectivity index (χ4v) is 1.65. The lowest BCUT2D eigenvalue weighted by Crippen LogP contribution is -2.18. The van der Waals surface area contributed by atoms with Gasteiger partial charge in [-0.3, -0.25) is 0 Å². The molecule has 0 spiro atoms. The van der Waals surface area contributed by atoms with Crippen molar-refractivity contribution in [3.8, 4) is 0 Å². The highest BCUT2D eigenvalue weighted by molar-refractivity contribution is 5.21. The number of hydrogen-bond donors (Lipinski definition) is 1. The van der Waals surface area contributed by atoms with Gasteiger partial charge in [0.05, 0.1) is 18.2 Å². The van der Waals surface area contributed by atoms with Crippen molar-refractivity contribution in [2.45, 2.75) is 33.4 Å². The smallest absolute Gasteiger partial charge is 0.138 e. The largest absolute Gasteiger partial charge is 0.472 e. The van der Waals surface area contributed by atoms with Gasteiger partial charge in [0.2, 0.25) is 0 Å². The Bertz CT molecular complexity index is 426. The lowest BCUT2D eigenvalue weighted by Gasteiger charge is -2.11. The third kappa shape index (κ3) is 2.17. The number of nitrogens with one attached hydrogen (secondary N) is 1. The van der Waals surface area contributed by atoms with Gasteiger partial charge in [0.25, 0.3) is 0 Å². The van der Waals surface area contributed by atoms with Gasteiger partial charge >= 0.3 is 0 Å². The predicted octanol–water partition coefficient (Wildman–Crippen LogP) is 2.74. The van der Waals surface area contributed by atoms with Gasteiger partial charge in [0.1, 0.15) is 5.76 Å². The SMILES string of the molecule is Cc1noc(C)c1CNC(C)c1ccoc1. The first-order valence-electron chi connectivity index (χ1n) is 5.35. The Morgan fingerprint density at radius 3 is 2.81 bits per heavy atom. The Hall–Kier alpha value is -1.55. The Balaban J connectivity index is 1.98. The highest BCUT2D eigenvalue weighted by Crippen LogP contribution is 2.16. The second kappa shape index (κ2) is 4.53. The molecule has 2 heterocycles. The van der Waals surface area contributed by atoms with Crippen LogP contribution in [0.3, 0.4) is 0 Å². The Labute approximate surface area is 94.6 Å². The summed E-state index contributed by atoms with van der Waals surface area (Å²) in [6.45, 7) is 6.74. The summed E-state index contributed by atoms with van der Waals surface area (Å²) in [6.07, 6.45) is 3.44. The van der Waals surface area contributed by atoms with Crippen LogP contribution in [0.4, 0.5) is 0 Å². The molecule has 0 amide bonds. The second-order valence-corrected chi connectivity index (χ2v) is 3.96. The maximum atomic E-state index is 5.11. The molecule has 0 radical (unpaired) electrons. The molecule has 0 aliphatic rings. The Morgan fingerprint density at radius 1 is 1.44 bits per heavy atom. The van der Waals surface area contributed by atoms with Crippen molar-refractivity contribution in [3.63, 3.8) is 0 Å². The van der Waals surface area contributed by atoms with Gasteiger partial charge in [-0.2, -0.15) is 0 Å². The standard InChI is InChI=1S/C12H16N2O2/c1-8(11-4-5-15-7-11)13-6-12-9(2)14-16-10(12)3/h4-5,7-8,13H,6H2,1-3H3.